The van der Waals surface area contributed by atoms with Crippen LogP contribution in [-0.4, -0.2) is 37.1 Å². The van der Waals surface area contributed by atoms with E-state index in [-0.39, 0.29) is 5.54 Å². The quantitative estimate of drug-likeness (QED) is 0.656. The Morgan fingerprint density at radius 3 is 2.20 bits per heavy atom. The van der Waals surface area contributed by atoms with E-state index in [4.69, 9.17) is 0 Å². The molecule has 15 heavy (non-hydrogen) atoms. The highest BCUT2D eigenvalue weighted by Crippen LogP contribution is 2.01. The molecule has 0 aliphatic carbocycles. The fraction of sp³-hybridized carbons (Fsp3) is 1.00. The van der Waals surface area contributed by atoms with Crippen molar-refractivity contribution in [3.8, 4) is 0 Å². The zero-order valence-corrected chi connectivity index (χ0v) is 11.6. The Bertz CT molecular complexity index is 147. The molecule has 0 saturated carbocycles. The first-order valence-corrected chi connectivity index (χ1v) is 6.25. The van der Waals surface area contributed by atoms with Gasteiger partial charge in [-0.1, -0.05) is 13.8 Å². The predicted molar refractivity (Wildman–Crippen MR) is 69.3 cm³/mol. The SMILES string of the molecule is CC(C)CCN(C)CCCNC(C)(C)C. The van der Waals surface area contributed by atoms with Crippen LogP contribution in [0.15, 0.2) is 0 Å². The maximum absolute atomic E-state index is 3.52. The smallest absolute Gasteiger partial charge is 0.00965 e. The Hall–Kier alpha value is -0.0800. The van der Waals surface area contributed by atoms with E-state index in [1.54, 1.807) is 0 Å². The van der Waals surface area contributed by atoms with Gasteiger partial charge in [0.15, 0.2) is 0 Å². The highest BCUT2D eigenvalue weighted by atomic mass is 15.1. The van der Waals surface area contributed by atoms with Crippen molar-refractivity contribution < 1.29 is 0 Å². The third kappa shape index (κ3) is 11.8. The molecule has 0 aliphatic rings. The Kier molecular flexibility index (Phi) is 7.20. The molecule has 0 rings (SSSR count). The van der Waals surface area contributed by atoms with Gasteiger partial charge in [0.05, 0.1) is 0 Å². The van der Waals surface area contributed by atoms with Gasteiger partial charge in [0.2, 0.25) is 0 Å². The molecule has 0 heterocycles. The van der Waals surface area contributed by atoms with Crippen molar-refractivity contribution in [1.29, 1.82) is 0 Å². The van der Waals surface area contributed by atoms with E-state index in [0.717, 1.165) is 12.5 Å². The summed E-state index contributed by atoms with van der Waals surface area (Å²) in [4.78, 5) is 2.43. The maximum Gasteiger partial charge on any atom is 0.00965 e. The second-order valence-electron chi connectivity index (χ2n) is 6.02. The topological polar surface area (TPSA) is 15.3 Å². The van der Waals surface area contributed by atoms with Crippen LogP contribution in [0.3, 0.4) is 0 Å². The van der Waals surface area contributed by atoms with E-state index < -0.39 is 0 Å². The molecule has 1 N–H and O–H groups in total. The van der Waals surface area contributed by atoms with Crippen LogP contribution in [0.1, 0.15) is 47.5 Å². The Balaban J connectivity index is 3.35. The lowest BCUT2D eigenvalue weighted by Crippen LogP contribution is -2.37. The molecule has 0 bridgehead atoms. The Morgan fingerprint density at radius 1 is 1.13 bits per heavy atom. The van der Waals surface area contributed by atoms with E-state index in [2.05, 4.69) is 51.9 Å². The standard InChI is InChI=1S/C13H30N2/c1-12(2)8-11-15(6)10-7-9-14-13(3,4)5/h12,14H,7-11H2,1-6H3. The van der Waals surface area contributed by atoms with E-state index in [1.165, 1.54) is 25.9 Å². The Labute approximate surface area is 96.4 Å². The molecule has 0 aliphatic heterocycles. The number of nitrogens with zero attached hydrogens (tertiary/aromatic N) is 1. The van der Waals surface area contributed by atoms with Crippen LogP contribution >= 0.6 is 0 Å². The van der Waals surface area contributed by atoms with E-state index in [1.807, 2.05) is 0 Å². The summed E-state index contributed by atoms with van der Waals surface area (Å²) in [6.45, 7) is 14.8. The molecular weight excluding hydrogens is 184 g/mol. The average Bonchev–Trinajstić information content (AvgIpc) is 2.07. The van der Waals surface area contributed by atoms with Crippen LogP contribution < -0.4 is 5.32 Å². The molecule has 0 saturated heterocycles. The first-order valence-electron chi connectivity index (χ1n) is 6.25. The molecule has 92 valence electrons. The van der Waals surface area contributed by atoms with E-state index in [9.17, 15) is 0 Å². The summed E-state index contributed by atoms with van der Waals surface area (Å²) in [5.41, 5.74) is 0.260. The van der Waals surface area contributed by atoms with Gasteiger partial charge in [-0.05, 0) is 66.2 Å². The second-order valence-corrected chi connectivity index (χ2v) is 6.02. The van der Waals surface area contributed by atoms with Gasteiger partial charge in [0.1, 0.15) is 0 Å². The molecule has 0 aromatic rings. The third-order valence-electron chi connectivity index (χ3n) is 2.46. The van der Waals surface area contributed by atoms with Gasteiger partial charge in [0.25, 0.3) is 0 Å². The molecule has 2 heteroatoms. The molecule has 2 nitrogen and oxygen atoms in total. The summed E-state index contributed by atoms with van der Waals surface area (Å²) in [6.07, 6.45) is 2.55. The van der Waals surface area contributed by atoms with Gasteiger partial charge in [-0.2, -0.15) is 0 Å². The zero-order chi connectivity index (χ0) is 11.9. The minimum Gasteiger partial charge on any atom is -0.312 e. The van der Waals surface area contributed by atoms with Gasteiger partial charge >= 0.3 is 0 Å². The van der Waals surface area contributed by atoms with Crippen LogP contribution in [0.4, 0.5) is 0 Å². The lowest BCUT2D eigenvalue weighted by Gasteiger charge is -2.22. The van der Waals surface area contributed by atoms with Crippen molar-refractivity contribution in [2.75, 3.05) is 26.7 Å². The van der Waals surface area contributed by atoms with Crippen molar-refractivity contribution in [3.63, 3.8) is 0 Å². The predicted octanol–water partition coefficient (Wildman–Crippen LogP) is 2.74. The summed E-state index contributed by atoms with van der Waals surface area (Å²) in [7, 11) is 2.22. The highest BCUT2D eigenvalue weighted by molar-refractivity contribution is 4.70. The number of hydrogen-bond donors (Lipinski definition) is 1. The molecule has 0 amide bonds. The van der Waals surface area contributed by atoms with Gasteiger partial charge in [0, 0.05) is 5.54 Å². The molecule has 0 spiro atoms. The second kappa shape index (κ2) is 7.24. The van der Waals surface area contributed by atoms with Gasteiger partial charge in [-0.15, -0.1) is 0 Å². The number of hydrogen-bond acceptors (Lipinski definition) is 2. The van der Waals surface area contributed by atoms with Gasteiger partial charge in [-0.3, -0.25) is 0 Å². The van der Waals surface area contributed by atoms with Crippen LogP contribution in [0.25, 0.3) is 0 Å². The van der Waals surface area contributed by atoms with E-state index in [0.29, 0.717) is 0 Å². The summed E-state index contributed by atoms with van der Waals surface area (Å²) >= 11 is 0. The molecular formula is C13H30N2. The van der Waals surface area contributed by atoms with Crippen molar-refractivity contribution in [3.05, 3.63) is 0 Å². The fourth-order valence-corrected chi connectivity index (χ4v) is 1.40. The van der Waals surface area contributed by atoms with Crippen LogP contribution in [0.2, 0.25) is 0 Å². The summed E-state index contributed by atoms with van der Waals surface area (Å²) in [5.74, 6) is 0.820. The van der Waals surface area contributed by atoms with Crippen molar-refractivity contribution in [1.82, 2.24) is 10.2 Å². The third-order valence-corrected chi connectivity index (χ3v) is 2.46. The monoisotopic (exact) mass is 214 g/mol. The minimum absolute atomic E-state index is 0.260. The summed E-state index contributed by atoms with van der Waals surface area (Å²) < 4.78 is 0. The fourth-order valence-electron chi connectivity index (χ4n) is 1.40. The molecule has 0 unspecified atom stereocenters. The largest absolute Gasteiger partial charge is 0.312 e. The Morgan fingerprint density at radius 2 is 1.73 bits per heavy atom. The minimum atomic E-state index is 0.260. The number of rotatable bonds is 7. The maximum atomic E-state index is 3.52. The van der Waals surface area contributed by atoms with Gasteiger partial charge < -0.3 is 10.2 Å². The van der Waals surface area contributed by atoms with Crippen molar-refractivity contribution >= 4 is 0 Å². The van der Waals surface area contributed by atoms with Gasteiger partial charge in [-0.25, -0.2) is 0 Å². The van der Waals surface area contributed by atoms with E-state index >= 15 is 0 Å². The first-order chi connectivity index (χ1) is 6.81. The zero-order valence-electron chi connectivity index (χ0n) is 11.6. The molecule has 0 fully saturated rings. The summed E-state index contributed by atoms with van der Waals surface area (Å²) in [5, 5.41) is 3.52. The molecule has 0 atom stereocenters. The highest BCUT2D eigenvalue weighted by Gasteiger charge is 2.07. The molecule has 0 aromatic carbocycles. The normalized spacial score (nSPS) is 12.8. The average molecular weight is 214 g/mol. The lowest BCUT2D eigenvalue weighted by molar-refractivity contribution is 0.298. The van der Waals surface area contributed by atoms with Crippen molar-refractivity contribution in [2.24, 2.45) is 5.92 Å². The number of nitrogens with one attached hydrogen (secondary N) is 1. The van der Waals surface area contributed by atoms with Crippen LogP contribution in [0, 0.1) is 5.92 Å². The van der Waals surface area contributed by atoms with Crippen LogP contribution in [-0.2, 0) is 0 Å². The molecule has 0 aromatic heterocycles. The molecule has 0 radical (unpaired) electrons. The lowest BCUT2D eigenvalue weighted by atomic mass is 10.1. The van der Waals surface area contributed by atoms with Crippen molar-refractivity contribution in [2.45, 2.75) is 53.0 Å². The van der Waals surface area contributed by atoms with Crippen LogP contribution in [0.5, 0.6) is 0 Å². The first kappa shape index (κ1) is 14.9. The summed E-state index contributed by atoms with van der Waals surface area (Å²) in [6, 6.07) is 0.